The molecular formula is C13H23IN4O2S. The average Bonchev–Trinajstić information content (AvgIpc) is 2.41. The lowest BCUT2D eigenvalue weighted by atomic mass is 10.2. The molecule has 0 bridgehead atoms. The summed E-state index contributed by atoms with van der Waals surface area (Å²) in [6, 6.07) is 6.50. The molecule has 0 saturated carbocycles. The fourth-order valence-electron chi connectivity index (χ4n) is 1.58. The van der Waals surface area contributed by atoms with E-state index >= 15 is 0 Å². The van der Waals surface area contributed by atoms with Crippen LogP contribution in [0.2, 0.25) is 0 Å². The van der Waals surface area contributed by atoms with E-state index in [4.69, 9.17) is 5.14 Å². The SMILES string of the molecule is CCCNC(=NCc1cccc(S(N)(=O)=O)c1)NCC.I. The number of benzene rings is 1. The third-order valence-electron chi connectivity index (χ3n) is 2.53. The number of rotatable bonds is 6. The number of nitrogens with two attached hydrogens (primary N) is 1. The van der Waals surface area contributed by atoms with Gasteiger partial charge in [0.05, 0.1) is 11.4 Å². The Morgan fingerprint density at radius 2 is 2.00 bits per heavy atom. The molecule has 1 rings (SSSR count). The lowest BCUT2D eigenvalue weighted by Crippen LogP contribution is -2.37. The van der Waals surface area contributed by atoms with Gasteiger partial charge in [0, 0.05) is 13.1 Å². The quantitative estimate of drug-likeness (QED) is 0.364. The van der Waals surface area contributed by atoms with Crippen molar-refractivity contribution in [3.63, 3.8) is 0 Å². The van der Waals surface area contributed by atoms with E-state index in [-0.39, 0.29) is 28.9 Å². The minimum atomic E-state index is -3.67. The summed E-state index contributed by atoms with van der Waals surface area (Å²) >= 11 is 0. The normalized spacial score (nSPS) is 11.7. The molecule has 8 heteroatoms. The van der Waals surface area contributed by atoms with Crippen LogP contribution in [-0.2, 0) is 16.6 Å². The van der Waals surface area contributed by atoms with Crippen LogP contribution in [0.5, 0.6) is 0 Å². The maximum Gasteiger partial charge on any atom is 0.238 e. The molecule has 6 nitrogen and oxygen atoms in total. The van der Waals surface area contributed by atoms with Crippen LogP contribution in [0.3, 0.4) is 0 Å². The predicted molar refractivity (Wildman–Crippen MR) is 96.3 cm³/mol. The molecule has 1 aromatic carbocycles. The van der Waals surface area contributed by atoms with Gasteiger partial charge in [-0.1, -0.05) is 19.1 Å². The molecule has 120 valence electrons. The maximum atomic E-state index is 11.3. The summed E-state index contributed by atoms with van der Waals surface area (Å²) in [7, 11) is -3.67. The summed E-state index contributed by atoms with van der Waals surface area (Å²) in [5, 5.41) is 11.4. The highest BCUT2D eigenvalue weighted by atomic mass is 127. The van der Waals surface area contributed by atoms with Crippen LogP contribution in [0.15, 0.2) is 34.2 Å². The Labute approximate surface area is 143 Å². The highest BCUT2D eigenvalue weighted by Gasteiger charge is 2.07. The van der Waals surface area contributed by atoms with Gasteiger partial charge in [-0.25, -0.2) is 18.5 Å². The van der Waals surface area contributed by atoms with Gasteiger partial charge in [0.1, 0.15) is 0 Å². The van der Waals surface area contributed by atoms with Gasteiger partial charge in [-0.15, -0.1) is 24.0 Å². The maximum absolute atomic E-state index is 11.3. The molecule has 0 aliphatic heterocycles. The van der Waals surface area contributed by atoms with Crippen molar-refractivity contribution in [2.24, 2.45) is 10.1 Å². The molecule has 0 heterocycles. The van der Waals surface area contributed by atoms with Gasteiger partial charge in [0.25, 0.3) is 0 Å². The third kappa shape index (κ3) is 7.63. The summed E-state index contributed by atoms with van der Waals surface area (Å²) in [6.07, 6.45) is 1.01. The highest BCUT2D eigenvalue weighted by molar-refractivity contribution is 14.0. The van der Waals surface area contributed by atoms with E-state index in [1.807, 2.05) is 13.0 Å². The summed E-state index contributed by atoms with van der Waals surface area (Å²) in [4.78, 5) is 4.51. The molecular weight excluding hydrogens is 403 g/mol. The van der Waals surface area contributed by atoms with Crippen LogP contribution < -0.4 is 15.8 Å². The second-order valence-electron chi connectivity index (χ2n) is 4.31. The molecule has 4 N–H and O–H groups in total. The lowest BCUT2D eigenvalue weighted by molar-refractivity contribution is 0.597. The Morgan fingerprint density at radius 1 is 1.29 bits per heavy atom. The van der Waals surface area contributed by atoms with Gasteiger partial charge in [-0.2, -0.15) is 0 Å². The van der Waals surface area contributed by atoms with Crippen LogP contribution >= 0.6 is 24.0 Å². The molecule has 0 aliphatic rings. The topological polar surface area (TPSA) is 96.6 Å². The Balaban J connectivity index is 0.00000400. The van der Waals surface area contributed by atoms with Crippen molar-refractivity contribution < 1.29 is 8.42 Å². The molecule has 0 spiro atoms. The average molecular weight is 426 g/mol. The van der Waals surface area contributed by atoms with Crippen LogP contribution in [0.25, 0.3) is 0 Å². The van der Waals surface area contributed by atoms with Crippen LogP contribution in [-0.4, -0.2) is 27.5 Å². The first kappa shape index (κ1) is 20.1. The van der Waals surface area contributed by atoms with Gasteiger partial charge >= 0.3 is 0 Å². The molecule has 0 fully saturated rings. The number of aliphatic imine (C=N–C) groups is 1. The minimum absolute atomic E-state index is 0. The lowest BCUT2D eigenvalue weighted by Gasteiger charge is -2.10. The zero-order valence-electron chi connectivity index (χ0n) is 12.3. The number of nitrogens with one attached hydrogen (secondary N) is 2. The monoisotopic (exact) mass is 426 g/mol. The zero-order chi connectivity index (χ0) is 15.0. The minimum Gasteiger partial charge on any atom is -0.357 e. The first-order valence-electron chi connectivity index (χ1n) is 6.61. The molecule has 0 radical (unpaired) electrons. The van der Waals surface area contributed by atoms with E-state index in [1.165, 1.54) is 6.07 Å². The fraction of sp³-hybridized carbons (Fsp3) is 0.462. The van der Waals surface area contributed by atoms with Gasteiger partial charge < -0.3 is 10.6 Å². The Bertz CT molecular complexity index is 561. The zero-order valence-corrected chi connectivity index (χ0v) is 15.4. The molecule has 0 aliphatic carbocycles. The smallest absolute Gasteiger partial charge is 0.238 e. The largest absolute Gasteiger partial charge is 0.357 e. The van der Waals surface area contributed by atoms with Gasteiger partial charge in [-0.05, 0) is 31.0 Å². The van der Waals surface area contributed by atoms with Gasteiger partial charge in [0.2, 0.25) is 10.0 Å². The first-order chi connectivity index (χ1) is 9.47. The van der Waals surface area contributed by atoms with Crippen molar-refractivity contribution >= 4 is 40.0 Å². The number of nitrogens with zero attached hydrogens (tertiary/aromatic N) is 1. The third-order valence-corrected chi connectivity index (χ3v) is 3.44. The second-order valence-corrected chi connectivity index (χ2v) is 5.88. The van der Waals surface area contributed by atoms with Crippen LogP contribution in [0.1, 0.15) is 25.8 Å². The first-order valence-corrected chi connectivity index (χ1v) is 8.16. The summed E-state index contributed by atoms with van der Waals surface area (Å²) in [6.45, 7) is 6.06. The standard InChI is InChI=1S/C13H22N4O2S.HI/c1-3-8-16-13(15-4-2)17-10-11-6-5-7-12(9-11)20(14,18)19;/h5-7,9H,3-4,8,10H2,1-2H3,(H2,14,18,19)(H2,15,16,17);1H. The van der Waals surface area contributed by atoms with Crippen molar-refractivity contribution in [3.8, 4) is 0 Å². The van der Waals surface area contributed by atoms with E-state index in [1.54, 1.807) is 12.1 Å². The molecule has 1 aromatic rings. The number of primary sulfonamides is 1. The number of sulfonamides is 1. The molecule has 0 unspecified atom stereocenters. The van der Waals surface area contributed by atoms with Crippen molar-refractivity contribution in [3.05, 3.63) is 29.8 Å². The molecule has 0 atom stereocenters. The van der Waals surface area contributed by atoms with Crippen molar-refractivity contribution in [2.45, 2.75) is 31.7 Å². The summed E-state index contributed by atoms with van der Waals surface area (Å²) in [5.74, 6) is 0.718. The van der Waals surface area contributed by atoms with E-state index in [0.717, 1.165) is 31.0 Å². The molecule has 0 amide bonds. The van der Waals surface area contributed by atoms with Crippen molar-refractivity contribution in [2.75, 3.05) is 13.1 Å². The van der Waals surface area contributed by atoms with Crippen LogP contribution in [0, 0.1) is 0 Å². The highest BCUT2D eigenvalue weighted by Crippen LogP contribution is 2.10. The molecule has 0 saturated heterocycles. The van der Waals surface area contributed by atoms with E-state index in [9.17, 15) is 8.42 Å². The Kier molecular flexibility index (Phi) is 9.54. The Hall–Kier alpha value is -0.870. The number of hydrogen-bond donors (Lipinski definition) is 3. The van der Waals surface area contributed by atoms with Crippen molar-refractivity contribution in [1.82, 2.24) is 10.6 Å². The van der Waals surface area contributed by atoms with E-state index < -0.39 is 10.0 Å². The number of guanidine groups is 1. The fourth-order valence-corrected chi connectivity index (χ4v) is 2.16. The predicted octanol–water partition coefficient (Wildman–Crippen LogP) is 1.42. The summed E-state index contributed by atoms with van der Waals surface area (Å²) in [5.41, 5.74) is 0.797. The number of halogens is 1. The summed E-state index contributed by atoms with van der Waals surface area (Å²) < 4.78 is 22.6. The van der Waals surface area contributed by atoms with Gasteiger partial charge in [0.15, 0.2) is 5.96 Å². The number of hydrogen-bond acceptors (Lipinski definition) is 3. The molecule has 21 heavy (non-hydrogen) atoms. The van der Waals surface area contributed by atoms with Crippen molar-refractivity contribution in [1.29, 1.82) is 0 Å². The molecule has 0 aromatic heterocycles. The second kappa shape index (κ2) is 9.96. The van der Waals surface area contributed by atoms with E-state index in [2.05, 4.69) is 22.5 Å². The Morgan fingerprint density at radius 3 is 2.57 bits per heavy atom. The van der Waals surface area contributed by atoms with E-state index in [0.29, 0.717) is 6.54 Å². The van der Waals surface area contributed by atoms with Crippen LogP contribution in [0.4, 0.5) is 0 Å². The van der Waals surface area contributed by atoms with Gasteiger partial charge in [-0.3, -0.25) is 0 Å².